The van der Waals surface area contributed by atoms with E-state index in [2.05, 4.69) is 29.8 Å². The van der Waals surface area contributed by atoms with Crippen molar-refractivity contribution in [3.05, 3.63) is 47.1 Å². The van der Waals surface area contributed by atoms with Gasteiger partial charge >= 0.3 is 0 Å². The highest BCUT2D eigenvalue weighted by Gasteiger charge is 2.47. The summed E-state index contributed by atoms with van der Waals surface area (Å²) >= 11 is 6.22. The van der Waals surface area contributed by atoms with E-state index in [9.17, 15) is 9.90 Å². The van der Waals surface area contributed by atoms with Crippen molar-refractivity contribution in [2.75, 3.05) is 25.1 Å². The molecule has 5 nitrogen and oxygen atoms in total. The van der Waals surface area contributed by atoms with Gasteiger partial charge in [0, 0.05) is 30.2 Å². The number of nitrogens with zero attached hydrogens (tertiary/aromatic N) is 2. The van der Waals surface area contributed by atoms with Crippen LogP contribution >= 0.6 is 11.6 Å². The van der Waals surface area contributed by atoms with E-state index in [1.165, 1.54) is 7.11 Å². The molecule has 2 aromatic carbocycles. The predicted octanol–water partition coefficient (Wildman–Crippen LogP) is 5.35. The van der Waals surface area contributed by atoms with Crippen LogP contribution in [0.4, 0.5) is 5.69 Å². The zero-order valence-electron chi connectivity index (χ0n) is 17.4. The molecule has 1 fully saturated rings. The molecule has 3 aromatic rings. The highest BCUT2D eigenvalue weighted by molar-refractivity contribution is 6.32. The number of hydrogen-bond acceptors (Lipinski definition) is 5. The van der Waals surface area contributed by atoms with Gasteiger partial charge < -0.3 is 19.5 Å². The molecule has 1 saturated carbocycles. The molecule has 0 amide bonds. The Hall–Kier alpha value is -2.79. The number of fused-ring (bicyclic) bond motifs is 1. The van der Waals surface area contributed by atoms with Gasteiger partial charge in [-0.3, -0.25) is 4.98 Å². The van der Waals surface area contributed by atoms with Crippen LogP contribution in [-0.4, -0.2) is 36.6 Å². The summed E-state index contributed by atoms with van der Waals surface area (Å²) in [6.45, 7) is 5.91. The first-order valence-corrected chi connectivity index (χ1v) is 10.6. The monoisotopic (exact) mass is 424 g/mol. The molecule has 1 aromatic heterocycles. The number of carbonyl (C=O) groups is 1. The standard InChI is InChI=1S/C24H25ClN2O3/c1-4-27(5-2)22-17-10-15(16-11-19(25)23(29)21(12-16)30-3)6-7-20(17)26-13-18(22)24(14-28)8-9-24/h6-7,10-14,29H,4-5,8-9H2,1-3H3. The molecule has 1 N–H and O–H groups in total. The Morgan fingerprint density at radius 1 is 1.20 bits per heavy atom. The zero-order chi connectivity index (χ0) is 21.5. The van der Waals surface area contributed by atoms with Crippen LogP contribution in [0.2, 0.25) is 5.02 Å². The molecule has 0 spiro atoms. The normalized spacial score (nSPS) is 14.5. The lowest BCUT2D eigenvalue weighted by Gasteiger charge is -2.28. The number of aldehydes is 1. The number of phenols is 1. The lowest BCUT2D eigenvalue weighted by molar-refractivity contribution is -0.109. The van der Waals surface area contributed by atoms with Crippen LogP contribution in [0.1, 0.15) is 32.3 Å². The maximum Gasteiger partial charge on any atom is 0.176 e. The second-order valence-electron chi connectivity index (χ2n) is 7.71. The molecule has 156 valence electrons. The Labute approximate surface area is 181 Å². The molecule has 0 unspecified atom stereocenters. The molecule has 1 aliphatic carbocycles. The molecule has 4 rings (SSSR count). The Balaban J connectivity index is 1.97. The van der Waals surface area contributed by atoms with Crippen LogP contribution in [0.15, 0.2) is 36.5 Å². The predicted molar refractivity (Wildman–Crippen MR) is 121 cm³/mol. The topological polar surface area (TPSA) is 62.7 Å². The minimum Gasteiger partial charge on any atom is -0.503 e. The van der Waals surface area contributed by atoms with Crippen molar-refractivity contribution < 1.29 is 14.6 Å². The molecule has 0 radical (unpaired) electrons. The number of rotatable bonds is 7. The second kappa shape index (κ2) is 7.80. The third-order valence-corrected chi connectivity index (χ3v) is 6.34. The molecular weight excluding hydrogens is 400 g/mol. The van der Waals surface area contributed by atoms with E-state index in [1.807, 2.05) is 18.3 Å². The SMILES string of the molecule is CCN(CC)c1c(C2(C=O)CC2)cnc2ccc(-c3cc(Cl)c(O)c(OC)c3)cc12. The van der Waals surface area contributed by atoms with E-state index >= 15 is 0 Å². The van der Waals surface area contributed by atoms with E-state index in [0.29, 0.717) is 5.75 Å². The van der Waals surface area contributed by atoms with Crippen molar-refractivity contribution in [3.8, 4) is 22.6 Å². The molecule has 30 heavy (non-hydrogen) atoms. The lowest BCUT2D eigenvalue weighted by Crippen LogP contribution is -2.26. The van der Waals surface area contributed by atoms with Gasteiger partial charge in [-0.1, -0.05) is 17.7 Å². The Morgan fingerprint density at radius 2 is 1.93 bits per heavy atom. The van der Waals surface area contributed by atoms with E-state index in [-0.39, 0.29) is 10.8 Å². The summed E-state index contributed by atoms with van der Waals surface area (Å²) in [5, 5.41) is 11.3. The van der Waals surface area contributed by atoms with Gasteiger partial charge in [-0.15, -0.1) is 0 Å². The average molecular weight is 425 g/mol. The maximum atomic E-state index is 11.9. The number of halogens is 1. The molecule has 0 aliphatic heterocycles. The van der Waals surface area contributed by atoms with Crippen LogP contribution in [0.25, 0.3) is 22.0 Å². The van der Waals surface area contributed by atoms with Gasteiger partial charge in [0.15, 0.2) is 11.5 Å². The van der Waals surface area contributed by atoms with Gasteiger partial charge in [-0.2, -0.15) is 0 Å². The minimum absolute atomic E-state index is 0.0712. The largest absolute Gasteiger partial charge is 0.503 e. The summed E-state index contributed by atoms with van der Waals surface area (Å²) in [5.74, 6) is 0.254. The molecule has 0 atom stereocenters. The highest BCUT2D eigenvalue weighted by atomic mass is 35.5. The van der Waals surface area contributed by atoms with Gasteiger partial charge in [0.05, 0.1) is 28.8 Å². The van der Waals surface area contributed by atoms with Crippen LogP contribution in [-0.2, 0) is 10.2 Å². The van der Waals surface area contributed by atoms with E-state index < -0.39 is 5.41 Å². The van der Waals surface area contributed by atoms with Gasteiger partial charge in [-0.25, -0.2) is 0 Å². The maximum absolute atomic E-state index is 11.9. The second-order valence-corrected chi connectivity index (χ2v) is 8.11. The number of phenolic OH excluding ortho intramolecular Hbond substituents is 1. The highest BCUT2D eigenvalue weighted by Crippen LogP contribution is 2.51. The smallest absolute Gasteiger partial charge is 0.176 e. The van der Waals surface area contributed by atoms with Gasteiger partial charge in [0.1, 0.15) is 6.29 Å². The number of ether oxygens (including phenoxy) is 1. The number of benzene rings is 2. The number of aromatic nitrogens is 1. The summed E-state index contributed by atoms with van der Waals surface area (Å²) in [6, 6.07) is 9.54. The summed E-state index contributed by atoms with van der Waals surface area (Å²) in [7, 11) is 1.50. The van der Waals surface area contributed by atoms with Crippen molar-refractivity contribution in [3.63, 3.8) is 0 Å². The van der Waals surface area contributed by atoms with Crippen LogP contribution < -0.4 is 9.64 Å². The minimum atomic E-state index is -0.416. The Morgan fingerprint density at radius 3 is 2.53 bits per heavy atom. The molecule has 0 saturated heterocycles. The third kappa shape index (κ3) is 3.27. The molecule has 6 heteroatoms. The van der Waals surface area contributed by atoms with E-state index in [0.717, 1.165) is 65.5 Å². The van der Waals surface area contributed by atoms with Crippen LogP contribution in [0.3, 0.4) is 0 Å². The third-order valence-electron chi connectivity index (χ3n) is 6.05. The first kappa shape index (κ1) is 20.5. The van der Waals surface area contributed by atoms with Crippen LogP contribution in [0, 0.1) is 0 Å². The average Bonchev–Trinajstić information content (AvgIpc) is 3.57. The van der Waals surface area contributed by atoms with Crippen molar-refractivity contribution in [1.29, 1.82) is 0 Å². The fraction of sp³-hybridized carbons (Fsp3) is 0.333. The zero-order valence-corrected chi connectivity index (χ0v) is 18.2. The number of pyridine rings is 1. The lowest BCUT2D eigenvalue weighted by atomic mass is 9.93. The van der Waals surface area contributed by atoms with Crippen molar-refractivity contribution in [1.82, 2.24) is 4.98 Å². The molecule has 1 aliphatic rings. The quantitative estimate of drug-likeness (QED) is 0.518. The van der Waals surface area contributed by atoms with Crippen molar-refractivity contribution in [2.24, 2.45) is 0 Å². The number of hydrogen-bond donors (Lipinski definition) is 1. The molecule has 1 heterocycles. The van der Waals surface area contributed by atoms with E-state index in [1.54, 1.807) is 12.1 Å². The summed E-state index contributed by atoms with van der Waals surface area (Å²) in [6.07, 6.45) is 4.68. The Kier molecular flexibility index (Phi) is 5.33. The number of aromatic hydroxyl groups is 1. The molecular formula is C24H25ClN2O3. The number of anilines is 1. The van der Waals surface area contributed by atoms with Crippen LogP contribution in [0.5, 0.6) is 11.5 Å². The first-order chi connectivity index (χ1) is 14.5. The summed E-state index contributed by atoms with van der Waals surface area (Å²) < 4.78 is 5.26. The van der Waals surface area contributed by atoms with Gasteiger partial charge in [0.25, 0.3) is 0 Å². The Bertz CT molecular complexity index is 1120. The first-order valence-electron chi connectivity index (χ1n) is 10.2. The van der Waals surface area contributed by atoms with Gasteiger partial charge in [0.2, 0.25) is 0 Å². The van der Waals surface area contributed by atoms with Crippen molar-refractivity contribution >= 4 is 34.5 Å². The molecule has 0 bridgehead atoms. The number of methoxy groups -OCH3 is 1. The summed E-state index contributed by atoms with van der Waals surface area (Å²) in [4.78, 5) is 18.9. The van der Waals surface area contributed by atoms with E-state index in [4.69, 9.17) is 16.3 Å². The van der Waals surface area contributed by atoms with Crippen molar-refractivity contribution in [2.45, 2.75) is 32.1 Å². The fourth-order valence-electron chi connectivity index (χ4n) is 4.08. The fourth-order valence-corrected chi connectivity index (χ4v) is 4.30. The van der Waals surface area contributed by atoms with Gasteiger partial charge in [-0.05, 0) is 62.1 Å². The number of carbonyl (C=O) groups excluding carboxylic acids is 1. The summed E-state index contributed by atoms with van der Waals surface area (Å²) in [5.41, 5.74) is 4.32.